The van der Waals surface area contributed by atoms with E-state index in [0.29, 0.717) is 6.10 Å². The van der Waals surface area contributed by atoms with Crippen LogP contribution in [0.1, 0.15) is 17.8 Å². The van der Waals surface area contributed by atoms with Crippen molar-refractivity contribution in [3.63, 3.8) is 0 Å². The lowest BCUT2D eigenvalue weighted by atomic mass is 10.2. The molecule has 0 N–H and O–H groups in total. The molecule has 1 unspecified atom stereocenters. The van der Waals surface area contributed by atoms with Crippen LogP contribution in [0.4, 0.5) is 0 Å². The molecule has 0 bridgehead atoms. The molecule has 1 aliphatic heterocycles. The van der Waals surface area contributed by atoms with Crippen LogP contribution in [0, 0.1) is 0 Å². The van der Waals surface area contributed by atoms with Crippen LogP contribution in [0.5, 0.6) is 0 Å². The summed E-state index contributed by atoms with van der Waals surface area (Å²) in [4.78, 5) is 6.98. The van der Waals surface area contributed by atoms with Crippen LogP contribution in [0.15, 0.2) is 24.3 Å². The Morgan fingerprint density at radius 2 is 2.33 bits per heavy atom. The van der Waals surface area contributed by atoms with E-state index < -0.39 is 0 Å². The zero-order valence-electron chi connectivity index (χ0n) is 10.6. The van der Waals surface area contributed by atoms with Crippen LogP contribution in [0.3, 0.4) is 0 Å². The average Bonchev–Trinajstić information content (AvgIpc) is 2.96. The van der Waals surface area contributed by atoms with Crippen molar-refractivity contribution in [2.24, 2.45) is 0 Å². The van der Waals surface area contributed by atoms with Crippen LogP contribution in [0.25, 0.3) is 10.2 Å². The van der Waals surface area contributed by atoms with E-state index in [-0.39, 0.29) is 0 Å². The number of nitrogens with zero attached hydrogens (tertiary/aromatic N) is 2. The van der Waals surface area contributed by atoms with E-state index in [1.807, 2.05) is 6.07 Å². The lowest BCUT2D eigenvalue weighted by Crippen LogP contribution is -2.28. The van der Waals surface area contributed by atoms with Gasteiger partial charge in [-0.25, -0.2) is 4.98 Å². The third kappa shape index (κ3) is 2.71. The van der Waals surface area contributed by atoms with E-state index in [0.717, 1.165) is 25.2 Å². The Hall–Kier alpha value is -0.970. The van der Waals surface area contributed by atoms with E-state index >= 15 is 0 Å². The Kier molecular flexibility index (Phi) is 3.59. The van der Waals surface area contributed by atoms with Crippen molar-refractivity contribution in [2.75, 3.05) is 20.2 Å². The first-order valence-corrected chi connectivity index (χ1v) is 7.27. The predicted molar refractivity (Wildman–Crippen MR) is 74.9 cm³/mol. The topological polar surface area (TPSA) is 25.4 Å². The van der Waals surface area contributed by atoms with Crippen molar-refractivity contribution in [1.29, 1.82) is 0 Å². The number of rotatable bonds is 4. The Balaban J connectivity index is 1.64. The number of hydrogen-bond donors (Lipinski definition) is 0. The van der Waals surface area contributed by atoms with Crippen molar-refractivity contribution < 1.29 is 4.74 Å². The van der Waals surface area contributed by atoms with Gasteiger partial charge in [-0.3, -0.25) is 4.90 Å². The fraction of sp³-hybridized carbons (Fsp3) is 0.500. The summed E-state index contributed by atoms with van der Waals surface area (Å²) in [6, 6.07) is 8.33. The van der Waals surface area contributed by atoms with Gasteiger partial charge in [0.05, 0.1) is 22.9 Å². The first-order valence-electron chi connectivity index (χ1n) is 6.46. The molecule has 1 aromatic carbocycles. The highest BCUT2D eigenvalue weighted by molar-refractivity contribution is 7.18. The van der Waals surface area contributed by atoms with Crippen LogP contribution in [-0.2, 0) is 11.3 Å². The fourth-order valence-corrected chi connectivity index (χ4v) is 3.47. The van der Waals surface area contributed by atoms with Crippen LogP contribution in [0.2, 0.25) is 0 Å². The lowest BCUT2D eigenvalue weighted by molar-refractivity contribution is 0.0793. The van der Waals surface area contributed by atoms with Gasteiger partial charge in [0.15, 0.2) is 0 Å². The van der Waals surface area contributed by atoms with Gasteiger partial charge in [-0.2, -0.15) is 0 Å². The van der Waals surface area contributed by atoms with Gasteiger partial charge in [0.2, 0.25) is 0 Å². The molecule has 18 heavy (non-hydrogen) atoms. The molecule has 4 heteroatoms. The fourth-order valence-electron chi connectivity index (χ4n) is 2.42. The number of fused-ring (bicyclic) bond motifs is 1. The number of benzene rings is 1. The minimum atomic E-state index is 0.421. The molecule has 2 aromatic rings. The molecule has 0 spiro atoms. The third-order valence-electron chi connectivity index (χ3n) is 3.28. The van der Waals surface area contributed by atoms with Crippen LogP contribution >= 0.6 is 11.3 Å². The minimum Gasteiger partial charge on any atom is -0.377 e. The molecule has 3 rings (SSSR count). The highest BCUT2D eigenvalue weighted by Crippen LogP contribution is 2.22. The molecule has 1 atom stereocenters. The highest BCUT2D eigenvalue weighted by atomic mass is 32.1. The molecule has 1 aliphatic rings. The summed E-state index contributed by atoms with van der Waals surface area (Å²) in [7, 11) is 2.15. The van der Waals surface area contributed by atoms with Gasteiger partial charge >= 0.3 is 0 Å². The van der Waals surface area contributed by atoms with Gasteiger partial charge in [0.1, 0.15) is 5.01 Å². The molecular formula is C14H18N2OS. The zero-order chi connectivity index (χ0) is 12.4. The second-order valence-corrected chi connectivity index (χ2v) is 6.02. The monoisotopic (exact) mass is 262 g/mol. The maximum absolute atomic E-state index is 5.66. The lowest BCUT2D eigenvalue weighted by Gasteiger charge is -2.18. The quantitative estimate of drug-likeness (QED) is 0.847. The molecule has 0 saturated carbocycles. The maximum atomic E-state index is 5.66. The van der Waals surface area contributed by atoms with Crippen LogP contribution < -0.4 is 0 Å². The number of likely N-dealkylation sites (N-methyl/N-ethyl adjacent to an activating group) is 1. The molecule has 1 fully saturated rings. The van der Waals surface area contributed by atoms with E-state index in [4.69, 9.17) is 4.74 Å². The Morgan fingerprint density at radius 1 is 1.44 bits per heavy atom. The molecule has 1 saturated heterocycles. The van der Waals surface area contributed by atoms with E-state index in [2.05, 4.69) is 35.1 Å². The van der Waals surface area contributed by atoms with E-state index in [1.54, 1.807) is 11.3 Å². The van der Waals surface area contributed by atoms with Crippen LogP contribution in [-0.4, -0.2) is 36.2 Å². The Bertz CT molecular complexity index is 486. The molecule has 96 valence electrons. The molecule has 0 aliphatic carbocycles. The number of ether oxygens (including phenoxy) is 1. The summed E-state index contributed by atoms with van der Waals surface area (Å²) in [5.74, 6) is 0. The third-order valence-corrected chi connectivity index (χ3v) is 4.30. The van der Waals surface area contributed by atoms with Crippen molar-refractivity contribution >= 4 is 21.6 Å². The average molecular weight is 262 g/mol. The summed E-state index contributed by atoms with van der Waals surface area (Å²) in [5, 5.41) is 1.19. The minimum absolute atomic E-state index is 0.421. The molecular weight excluding hydrogens is 244 g/mol. The Labute approximate surface area is 111 Å². The van der Waals surface area contributed by atoms with Gasteiger partial charge in [0, 0.05) is 13.2 Å². The first-order chi connectivity index (χ1) is 8.81. The molecule has 2 heterocycles. The van der Waals surface area contributed by atoms with E-state index in [1.165, 1.54) is 22.5 Å². The van der Waals surface area contributed by atoms with Gasteiger partial charge in [0.25, 0.3) is 0 Å². The summed E-state index contributed by atoms with van der Waals surface area (Å²) in [6.07, 6.45) is 2.83. The molecule has 0 amide bonds. The summed E-state index contributed by atoms with van der Waals surface area (Å²) in [6.45, 7) is 2.86. The standard InChI is InChI=1S/C14H18N2OS/c1-16(9-11-5-4-8-17-11)10-14-15-12-6-2-3-7-13(12)18-14/h2-3,6-7,11H,4-5,8-10H2,1H3. The smallest absolute Gasteiger partial charge is 0.108 e. The van der Waals surface area contributed by atoms with Gasteiger partial charge in [-0.1, -0.05) is 12.1 Å². The number of para-hydroxylation sites is 1. The summed E-state index contributed by atoms with van der Waals surface area (Å²) >= 11 is 1.79. The maximum Gasteiger partial charge on any atom is 0.108 e. The summed E-state index contributed by atoms with van der Waals surface area (Å²) < 4.78 is 6.94. The zero-order valence-corrected chi connectivity index (χ0v) is 11.4. The Morgan fingerprint density at radius 3 is 3.11 bits per heavy atom. The largest absolute Gasteiger partial charge is 0.377 e. The van der Waals surface area contributed by atoms with Gasteiger partial charge < -0.3 is 4.74 Å². The van der Waals surface area contributed by atoms with E-state index in [9.17, 15) is 0 Å². The van der Waals surface area contributed by atoms with Crippen molar-refractivity contribution in [1.82, 2.24) is 9.88 Å². The molecule has 1 aromatic heterocycles. The van der Waals surface area contributed by atoms with Crippen molar-refractivity contribution in [2.45, 2.75) is 25.5 Å². The number of hydrogen-bond acceptors (Lipinski definition) is 4. The number of aromatic nitrogens is 1. The van der Waals surface area contributed by atoms with Crippen molar-refractivity contribution in [3.8, 4) is 0 Å². The molecule has 3 nitrogen and oxygen atoms in total. The second-order valence-electron chi connectivity index (χ2n) is 4.91. The normalized spacial score (nSPS) is 20.0. The first kappa shape index (κ1) is 12.1. The van der Waals surface area contributed by atoms with Crippen molar-refractivity contribution in [3.05, 3.63) is 29.3 Å². The SMILES string of the molecule is CN(Cc1nc2ccccc2s1)CC1CCCO1. The predicted octanol–water partition coefficient (Wildman–Crippen LogP) is 2.91. The van der Waals surface area contributed by atoms with Gasteiger partial charge in [-0.15, -0.1) is 11.3 Å². The second kappa shape index (κ2) is 5.34. The highest BCUT2D eigenvalue weighted by Gasteiger charge is 2.18. The molecule has 0 radical (unpaired) electrons. The number of thiazole rings is 1. The summed E-state index contributed by atoms with van der Waals surface area (Å²) in [5.41, 5.74) is 1.11. The van der Waals surface area contributed by atoms with Gasteiger partial charge in [-0.05, 0) is 32.0 Å².